The fraction of sp³-hybridized carbons (Fsp3) is 0.143. The molecule has 0 saturated heterocycles. The number of halogens is 1. The molecule has 0 saturated carbocycles. The Kier molecular flexibility index (Phi) is 3.47. The third-order valence-corrected chi connectivity index (χ3v) is 4.04. The van der Waals surface area contributed by atoms with Crippen LogP contribution in [-0.4, -0.2) is 17.7 Å². The summed E-state index contributed by atoms with van der Waals surface area (Å²) in [5, 5.41) is 2.77. The van der Waals surface area contributed by atoms with Gasteiger partial charge in [0.15, 0.2) is 11.5 Å². The number of nitrogens with zero attached hydrogens (tertiary/aromatic N) is 1. The maximum absolute atomic E-state index is 12.2. The van der Waals surface area contributed by atoms with Crippen molar-refractivity contribution in [2.24, 2.45) is 0 Å². The van der Waals surface area contributed by atoms with Gasteiger partial charge >= 0.3 is 0 Å². The van der Waals surface area contributed by atoms with Crippen molar-refractivity contribution < 1.29 is 14.3 Å². The number of hydrogen-bond acceptors (Lipinski definition) is 4. The first kappa shape index (κ1) is 13.2. The summed E-state index contributed by atoms with van der Waals surface area (Å²) in [7, 11) is 0. The Hall–Kier alpha value is -1.83. The summed E-state index contributed by atoms with van der Waals surface area (Å²) in [5.41, 5.74) is 1.39. The number of hydrogen-bond donors (Lipinski definition) is 1. The van der Waals surface area contributed by atoms with Crippen LogP contribution < -0.4 is 14.8 Å². The number of pyridine rings is 1. The second kappa shape index (κ2) is 5.28. The fourth-order valence-electron chi connectivity index (χ4n) is 1.84. The smallest absolute Gasteiger partial charge is 0.256 e. The first-order valence-electron chi connectivity index (χ1n) is 5.97. The quantitative estimate of drug-likeness (QED) is 0.812. The van der Waals surface area contributed by atoms with Gasteiger partial charge in [-0.05, 0) is 59.8 Å². The highest BCUT2D eigenvalue weighted by atomic mass is 127. The van der Waals surface area contributed by atoms with Crippen LogP contribution in [0.25, 0.3) is 0 Å². The van der Waals surface area contributed by atoms with Gasteiger partial charge in [-0.3, -0.25) is 4.79 Å². The van der Waals surface area contributed by atoms with Crippen LogP contribution in [0.15, 0.2) is 30.3 Å². The van der Waals surface area contributed by atoms with Gasteiger partial charge in [-0.2, -0.15) is 0 Å². The van der Waals surface area contributed by atoms with Crippen LogP contribution in [0, 0.1) is 10.5 Å². The van der Waals surface area contributed by atoms with Crippen LogP contribution >= 0.6 is 22.6 Å². The molecule has 1 aliphatic heterocycles. The summed E-state index contributed by atoms with van der Waals surface area (Å²) in [6, 6.07) is 8.78. The first-order chi connectivity index (χ1) is 9.63. The number of nitrogens with one attached hydrogen (secondary N) is 1. The Morgan fingerprint density at radius 2 is 2.05 bits per heavy atom. The van der Waals surface area contributed by atoms with Gasteiger partial charge < -0.3 is 14.8 Å². The van der Waals surface area contributed by atoms with Gasteiger partial charge in [0.1, 0.15) is 5.82 Å². The molecule has 5 nitrogen and oxygen atoms in total. The van der Waals surface area contributed by atoms with Crippen molar-refractivity contribution >= 4 is 34.3 Å². The molecular weight excluding hydrogens is 371 g/mol. The maximum Gasteiger partial charge on any atom is 0.256 e. The summed E-state index contributed by atoms with van der Waals surface area (Å²) in [6.45, 7) is 2.09. The van der Waals surface area contributed by atoms with E-state index in [0.29, 0.717) is 22.9 Å². The van der Waals surface area contributed by atoms with E-state index in [9.17, 15) is 4.79 Å². The molecule has 0 unspecified atom stereocenters. The number of aromatic nitrogens is 1. The standard InChI is InChI=1S/C14H11IN2O3/c1-8-10(15)3-5-13(16-8)17-14(18)9-2-4-11-12(6-9)20-7-19-11/h2-6H,7H2,1H3,(H,16,17,18). The van der Waals surface area contributed by atoms with E-state index in [1.54, 1.807) is 24.3 Å². The monoisotopic (exact) mass is 382 g/mol. The van der Waals surface area contributed by atoms with Crippen molar-refractivity contribution in [3.63, 3.8) is 0 Å². The van der Waals surface area contributed by atoms with Crippen LogP contribution in [0.2, 0.25) is 0 Å². The molecule has 0 aliphatic carbocycles. The van der Waals surface area contributed by atoms with Crippen LogP contribution in [0.5, 0.6) is 11.5 Å². The molecule has 1 N–H and O–H groups in total. The SMILES string of the molecule is Cc1nc(NC(=O)c2ccc3c(c2)OCO3)ccc1I. The highest BCUT2D eigenvalue weighted by molar-refractivity contribution is 14.1. The Morgan fingerprint density at radius 3 is 2.85 bits per heavy atom. The Morgan fingerprint density at radius 1 is 1.25 bits per heavy atom. The minimum atomic E-state index is -0.226. The zero-order chi connectivity index (χ0) is 14.1. The summed E-state index contributed by atoms with van der Waals surface area (Å²) >= 11 is 2.20. The van der Waals surface area contributed by atoms with Crippen LogP contribution in [0.1, 0.15) is 16.1 Å². The van der Waals surface area contributed by atoms with E-state index in [1.165, 1.54) is 0 Å². The van der Waals surface area contributed by atoms with Gasteiger partial charge in [0.25, 0.3) is 5.91 Å². The van der Waals surface area contributed by atoms with Crippen molar-refractivity contribution in [2.75, 3.05) is 12.1 Å². The molecule has 2 heterocycles. The lowest BCUT2D eigenvalue weighted by Crippen LogP contribution is -2.13. The largest absolute Gasteiger partial charge is 0.454 e. The van der Waals surface area contributed by atoms with Crippen LogP contribution in [-0.2, 0) is 0 Å². The van der Waals surface area contributed by atoms with E-state index in [0.717, 1.165) is 9.26 Å². The number of benzene rings is 1. The second-order valence-corrected chi connectivity index (χ2v) is 5.45. The van der Waals surface area contributed by atoms with E-state index < -0.39 is 0 Å². The molecule has 0 fully saturated rings. The number of amides is 1. The third kappa shape index (κ3) is 2.55. The van der Waals surface area contributed by atoms with E-state index in [4.69, 9.17) is 9.47 Å². The predicted molar refractivity (Wildman–Crippen MR) is 82.2 cm³/mol. The Balaban J connectivity index is 1.80. The molecule has 0 spiro atoms. The number of anilines is 1. The van der Waals surface area contributed by atoms with Crippen LogP contribution in [0.3, 0.4) is 0 Å². The molecule has 1 aliphatic rings. The van der Waals surface area contributed by atoms with E-state index in [-0.39, 0.29) is 12.7 Å². The fourth-order valence-corrected chi connectivity index (χ4v) is 2.14. The lowest BCUT2D eigenvalue weighted by atomic mass is 10.2. The normalized spacial score (nSPS) is 12.3. The molecule has 2 aromatic rings. The van der Waals surface area contributed by atoms with Crippen molar-refractivity contribution in [2.45, 2.75) is 6.92 Å². The third-order valence-electron chi connectivity index (χ3n) is 2.90. The highest BCUT2D eigenvalue weighted by Crippen LogP contribution is 2.32. The van der Waals surface area contributed by atoms with Gasteiger partial charge in [0.2, 0.25) is 6.79 Å². The van der Waals surface area contributed by atoms with E-state index in [2.05, 4.69) is 32.9 Å². The molecule has 0 atom stereocenters. The topological polar surface area (TPSA) is 60.5 Å². The van der Waals surface area contributed by atoms with Gasteiger partial charge in [-0.1, -0.05) is 0 Å². The summed E-state index contributed by atoms with van der Waals surface area (Å²) in [6.07, 6.45) is 0. The molecule has 1 aromatic heterocycles. The molecule has 20 heavy (non-hydrogen) atoms. The van der Waals surface area contributed by atoms with Crippen molar-refractivity contribution in [3.8, 4) is 11.5 Å². The van der Waals surface area contributed by atoms with Gasteiger partial charge in [0.05, 0.1) is 5.69 Å². The number of aryl methyl sites for hydroxylation is 1. The molecule has 3 rings (SSSR count). The number of rotatable bonds is 2. The van der Waals surface area contributed by atoms with Gasteiger partial charge in [0, 0.05) is 9.13 Å². The molecule has 1 aromatic carbocycles. The summed E-state index contributed by atoms with van der Waals surface area (Å²) in [4.78, 5) is 16.5. The van der Waals surface area contributed by atoms with E-state index >= 15 is 0 Å². The molecule has 6 heteroatoms. The average molecular weight is 382 g/mol. The number of ether oxygens (including phenoxy) is 2. The summed E-state index contributed by atoms with van der Waals surface area (Å²) in [5.74, 6) is 1.55. The average Bonchev–Trinajstić information content (AvgIpc) is 2.90. The molecule has 0 radical (unpaired) electrons. The highest BCUT2D eigenvalue weighted by Gasteiger charge is 2.16. The van der Waals surface area contributed by atoms with Crippen LogP contribution in [0.4, 0.5) is 5.82 Å². The molecule has 1 amide bonds. The minimum absolute atomic E-state index is 0.193. The van der Waals surface area contributed by atoms with Crippen molar-refractivity contribution in [1.82, 2.24) is 4.98 Å². The van der Waals surface area contributed by atoms with Crippen molar-refractivity contribution in [1.29, 1.82) is 0 Å². The number of fused-ring (bicyclic) bond motifs is 1. The number of carbonyl (C=O) groups is 1. The van der Waals surface area contributed by atoms with Gasteiger partial charge in [-0.25, -0.2) is 4.98 Å². The Labute approximate surface area is 129 Å². The number of carbonyl (C=O) groups excluding carboxylic acids is 1. The maximum atomic E-state index is 12.2. The second-order valence-electron chi connectivity index (χ2n) is 4.29. The molecule has 0 bridgehead atoms. The minimum Gasteiger partial charge on any atom is -0.454 e. The molecule has 102 valence electrons. The van der Waals surface area contributed by atoms with E-state index in [1.807, 2.05) is 13.0 Å². The lowest BCUT2D eigenvalue weighted by Gasteiger charge is -2.06. The Bertz CT molecular complexity index is 688. The zero-order valence-corrected chi connectivity index (χ0v) is 12.8. The van der Waals surface area contributed by atoms with Gasteiger partial charge in [-0.15, -0.1) is 0 Å². The first-order valence-corrected chi connectivity index (χ1v) is 7.05. The summed E-state index contributed by atoms with van der Waals surface area (Å²) < 4.78 is 11.5. The van der Waals surface area contributed by atoms with Crippen molar-refractivity contribution in [3.05, 3.63) is 45.2 Å². The lowest BCUT2D eigenvalue weighted by molar-refractivity contribution is 0.102. The zero-order valence-electron chi connectivity index (χ0n) is 10.6. The predicted octanol–water partition coefficient (Wildman–Crippen LogP) is 2.98. The molecular formula is C14H11IN2O3.